The molecule has 82 valence electrons. The van der Waals surface area contributed by atoms with Gasteiger partial charge in [-0.25, -0.2) is 0 Å². The van der Waals surface area contributed by atoms with Gasteiger partial charge in [-0.3, -0.25) is 0 Å². The van der Waals surface area contributed by atoms with Crippen LogP contribution in [-0.4, -0.2) is 0 Å². The second kappa shape index (κ2) is 5.34. The van der Waals surface area contributed by atoms with Crippen LogP contribution in [0.2, 0.25) is 0 Å². The Labute approximate surface area is 120 Å². The van der Waals surface area contributed by atoms with E-state index in [4.69, 9.17) is 0 Å². The van der Waals surface area contributed by atoms with Crippen LogP contribution >= 0.6 is 47.8 Å². The van der Waals surface area contributed by atoms with Crippen molar-refractivity contribution in [3.05, 3.63) is 55.9 Å². The predicted molar refractivity (Wildman–Crippen MR) is 79.3 cm³/mol. The summed E-state index contributed by atoms with van der Waals surface area (Å²) in [7, 11) is 0. The molecule has 0 aliphatic carbocycles. The van der Waals surface area contributed by atoms with Crippen molar-refractivity contribution in [1.82, 2.24) is 0 Å². The number of hydrogen-bond donors (Lipinski definition) is 1. The molecule has 0 fully saturated rings. The predicted octanol–water partition coefficient (Wildman–Crippen LogP) is 5.72. The van der Waals surface area contributed by atoms with Crippen molar-refractivity contribution in [2.75, 3.05) is 5.32 Å². The molecule has 1 nitrogen and oxygen atoms in total. The molecular weight excluding hydrogens is 398 g/mol. The zero-order valence-corrected chi connectivity index (χ0v) is 12.9. The summed E-state index contributed by atoms with van der Waals surface area (Å²) in [4.78, 5) is 0. The summed E-state index contributed by atoms with van der Waals surface area (Å²) in [5.41, 5.74) is 2.12. The first-order valence-electron chi connectivity index (χ1n) is 4.63. The quantitative estimate of drug-likeness (QED) is 0.674. The SMILES string of the molecule is Brc1ccc(Nc2ccc(Br)c(Br)c2)cc1. The Morgan fingerprint density at radius 1 is 0.688 bits per heavy atom. The minimum atomic E-state index is 1.04. The Morgan fingerprint density at radius 3 is 1.94 bits per heavy atom. The van der Waals surface area contributed by atoms with Gasteiger partial charge in [-0.05, 0) is 74.3 Å². The second-order valence-electron chi connectivity index (χ2n) is 3.26. The summed E-state index contributed by atoms with van der Waals surface area (Å²) in [6.45, 7) is 0. The number of nitrogens with one attached hydrogen (secondary N) is 1. The van der Waals surface area contributed by atoms with Crippen molar-refractivity contribution in [3.63, 3.8) is 0 Å². The smallest absolute Gasteiger partial charge is 0.0396 e. The summed E-state index contributed by atoms with van der Waals surface area (Å²) >= 11 is 10.3. The van der Waals surface area contributed by atoms with E-state index < -0.39 is 0 Å². The highest BCUT2D eigenvalue weighted by Gasteiger charge is 1.99. The second-order valence-corrected chi connectivity index (χ2v) is 5.89. The molecule has 1 N–H and O–H groups in total. The highest BCUT2D eigenvalue weighted by molar-refractivity contribution is 9.13. The van der Waals surface area contributed by atoms with Crippen LogP contribution in [0.15, 0.2) is 55.9 Å². The highest BCUT2D eigenvalue weighted by atomic mass is 79.9. The normalized spacial score (nSPS) is 10.2. The zero-order valence-electron chi connectivity index (χ0n) is 8.18. The molecule has 0 atom stereocenters. The van der Waals surface area contributed by atoms with Gasteiger partial charge in [0.15, 0.2) is 0 Å². The van der Waals surface area contributed by atoms with Gasteiger partial charge in [0.1, 0.15) is 0 Å². The maximum absolute atomic E-state index is 3.48. The van der Waals surface area contributed by atoms with Gasteiger partial charge in [-0.1, -0.05) is 15.9 Å². The van der Waals surface area contributed by atoms with Crippen molar-refractivity contribution in [1.29, 1.82) is 0 Å². The molecule has 0 aromatic heterocycles. The topological polar surface area (TPSA) is 12.0 Å². The van der Waals surface area contributed by atoms with E-state index in [0.717, 1.165) is 24.8 Å². The molecule has 0 heterocycles. The largest absolute Gasteiger partial charge is 0.355 e. The molecule has 4 heteroatoms. The standard InChI is InChI=1S/C12H8Br3N/c13-8-1-3-9(4-2-8)16-10-5-6-11(14)12(15)7-10/h1-7,16H. The summed E-state index contributed by atoms with van der Waals surface area (Å²) < 4.78 is 3.17. The van der Waals surface area contributed by atoms with E-state index in [9.17, 15) is 0 Å². The number of hydrogen-bond acceptors (Lipinski definition) is 1. The molecule has 0 bridgehead atoms. The van der Waals surface area contributed by atoms with Crippen LogP contribution < -0.4 is 5.32 Å². The Hall–Kier alpha value is -0.320. The average Bonchev–Trinajstić information content (AvgIpc) is 2.27. The molecule has 16 heavy (non-hydrogen) atoms. The van der Waals surface area contributed by atoms with Gasteiger partial charge in [0, 0.05) is 24.8 Å². The minimum Gasteiger partial charge on any atom is -0.355 e. The lowest BCUT2D eigenvalue weighted by molar-refractivity contribution is 1.51. The van der Waals surface area contributed by atoms with Gasteiger partial charge in [0.05, 0.1) is 0 Å². The third kappa shape index (κ3) is 3.09. The van der Waals surface area contributed by atoms with Gasteiger partial charge in [0.2, 0.25) is 0 Å². The third-order valence-corrected chi connectivity index (χ3v) is 4.46. The molecule has 0 unspecified atom stereocenters. The van der Waals surface area contributed by atoms with E-state index in [0.29, 0.717) is 0 Å². The van der Waals surface area contributed by atoms with Gasteiger partial charge < -0.3 is 5.32 Å². The molecule has 2 aromatic rings. The Morgan fingerprint density at radius 2 is 1.31 bits per heavy atom. The molecular formula is C12H8Br3N. The van der Waals surface area contributed by atoms with Crippen LogP contribution in [0.4, 0.5) is 11.4 Å². The maximum atomic E-state index is 3.48. The van der Waals surface area contributed by atoms with E-state index in [1.807, 2.05) is 42.5 Å². The first-order chi connectivity index (χ1) is 7.65. The van der Waals surface area contributed by atoms with Crippen LogP contribution in [0.5, 0.6) is 0 Å². The Bertz CT molecular complexity index is 494. The molecule has 0 saturated carbocycles. The van der Waals surface area contributed by atoms with Crippen LogP contribution in [0, 0.1) is 0 Å². The number of rotatable bonds is 2. The van der Waals surface area contributed by atoms with Crippen molar-refractivity contribution in [3.8, 4) is 0 Å². The first-order valence-corrected chi connectivity index (χ1v) is 7.01. The van der Waals surface area contributed by atoms with Gasteiger partial charge in [-0.15, -0.1) is 0 Å². The van der Waals surface area contributed by atoms with E-state index >= 15 is 0 Å². The maximum Gasteiger partial charge on any atom is 0.0396 e. The minimum absolute atomic E-state index is 1.04. The lowest BCUT2D eigenvalue weighted by atomic mass is 10.3. The van der Waals surface area contributed by atoms with Gasteiger partial charge in [-0.2, -0.15) is 0 Å². The fourth-order valence-corrected chi connectivity index (χ4v) is 2.16. The number of halogens is 3. The number of anilines is 2. The molecule has 0 aliphatic rings. The Kier molecular flexibility index (Phi) is 4.05. The highest BCUT2D eigenvalue weighted by Crippen LogP contribution is 2.28. The molecule has 0 spiro atoms. The Balaban J connectivity index is 2.20. The van der Waals surface area contributed by atoms with Gasteiger partial charge >= 0.3 is 0 Å². The summed E-state index contributed by atoms with van der Waals surface area (Å²) in [6, 6.07) is 14.1. The molecule has 0 amide bonds. The molecule has 0 aliphatic heterocycles. The van der Waals surface area contributed by atoms with E-state index in [1.54, 1.807) is 0 Å². The molecule has 2 rings (SSSR count). The molecule has 0 saturated heterocycles. The van der Waals surface area contributed by atoms with E-state index in [-0.39, 0.29) is 0 Å². The first kappa shape index (κ1) is 12.1. The fourth-order valence-electron chi connectivity index (χ4n) is 1.27. The van der Waals surface area contributed by atoms with Crippen molar-refractivity contribution >= 4 is 59.2 Å². The third-order valence-electron chi connectivity index (χ3n) is 2.05. The summed E-state index contributed by atoms with van der Waals surface area (Å²) in [6.07, 6.45) is 0. The van der Waals surface area contributed by atoms with Crippen molar-refractivity contribution < 1.29 is 0 Å². The van der Waals surface area contributed by atoms with Crippen LogP contribution in [0.25, 0.3) is 0 Å². The van der Waals surface area contributed by atoms with E-state index in [2.05, 4.69) is 53.1 Å². The van der Waals surface area contributed by atoms with Crippen LogP contribution in [0.1, 0.15) is 0 Å². The van der Waals surface area contributed by atoms with Crippen LogP contribution in [0.3, 0.4) is 0 Å². The van der Waals surface area contributed by atoms with Crippen molar-refractivity contribution in [2.45, 2.75) is 0 Å². The summed E-state index contributed by atoms with van der Waals surface area (Å²) in [5, 5.41) is 3.33. The van der Waals surface area contributed by atoms with Crippen LogP contribution in [-0.2, 0) is 0 Å². The number of benzene rings is 2. The molecule has 2 aromatic carbocycles. The monoisotopic (exact) mass is 403 g/mol. The lowest BCUT2D eigenvalue weighted by Crippen LogP contribution is -1.89. The van der Waals surface area contributed by atoms with Crippen molar-refractivity contribution in [2.24, 2.45) is 0 Å². The van der Waals surface area contributed by atoms with Gasteiger partial charge in [0.25, 0.3) is 0 Å². The lowest BCUT2D eigenvalue weighted by Gasteiger charge is -2.07. The molecule has 0 radical (unpaired) electrons. The summed E-state index contributed by atoms with van der Waals surface area (Å²) in [5.74, 6) is 0. The van der Waals surface area contributed by atoms with E-state index in [1.165, 1.54) is 0 Å². The average molecular weight is 406 g/mol. The fraction of sp³-hybridized carbons (Fsp3) is 0. The zero-order chi connectivity index (χ0) is 11.5.